The highest BCUT2D eigenvalue weighted by molar-refractivity contribution is 5.79. The molecular formula is C15H27N3O2. The summed E-state index contributed by atoms with van der Waals surface area (Å²) in [6.07, 6.45) is 4.86. The van der Waals surface area contributed by atoms with Crippen LogP contribution in [-0.2, 0) is 9.59 Å². The Bertz CT molecular complexity index is 351. The fourth-order valence-electron chi connectivity index (χ4n) is 3.27. The highest BCUT2D eigenvalue weighted by atomic mass is 16.2. The molecule has 0 radical (unpaired) electrons. The number of piperidine rings is 1. The van der Waals surface area contributed by atoms with Gasteiger partial charge in [-0.3, -0.25) is 14.5 Å². The molecule has 0 saturated carbocycles. The summed E-state index contributed by atoms with van der Waals surface area (Å²) in [4.78, 5) is 29.8. The summed E-state index contributed by atoms with van der Waals surface area (Å²) < 4.78 is 0. The minimum Gasteiger partial charge on any atom is -0.339 e. The predicted octanol–water partition coefficient (Wildman–Crippen LogP) is 0.942. The van der Waals surface area contributed by atoms with E-state index >= 15 is 0 Å². The van der Waals surface area contributed by atoms with Gasteiger partial charge in [0.25, 0.3) is 0 Å². The van der Waals surface area contributed by atoms with Gasteiger partial charge in [-0.05, 0) is 25.8 Å². The number of amides is 2. The van der Waals surface area contributed by atoms with Crippen LogP contribution in [0.15, 0.2) is 0 Å². The molecule has 20 heavy (non-hydrogen) atoms. The number of carbonyl (C=O) groups is 2. The first-order chi connectivity index (χ1) is 9.61. The molecule has 2 aliphatic heterocycles. The molecule has 1 atom stereocenters. The molecule has 2 fully saturated rings. The largest absolute Gasteiger partial charge is 0.339 e. The van der Waals surface area contributed by atoms with E-state index in [0.717, 1.165) is 13.0 Å². The van der Waals surface area contributed by atoms with Gasteiger partial charge in [0.15, 0.2) is 0 Å². The van der Waals surface area contributed by atoms with Gasteiger partial charge in [-0.15, -0.1) is 0 Å². The highest BCUT2D eigenvalue weighted by Gasteiger charge is 2.27. The first-order valence-electron chi connectivity index (χ1n) is 7.89. The van der Waals surface area contributed by atoms with Crippen LogP contribution in [0.25, 0.3) is 0 Å². The van der Waals surface area contributed by atoms with Crippen molar-refractivity contribution in [3.63, 3.8) is 0 Å². The number of hydrogen-bond donors (Lipinski definition) is 0. The van der Waals surface area contributed by atoms with E-state index in [1.54, 1.807) is 6.92 Å². The van der Waals surface area contributed by atoms with Crippen molar-refractivity contribution in [2.24, 2.45) is 0 Å². The molecule has 5 heteroatoms. The van der Waals surface area contributed by atoms with Crippen molar-refractivity contribution in [2.45, 2.75) is 45.6 Å². The Hall–Kier alpha value is -1.10. The third-order valence-corrected chi connectivity index (χ3v) is 4.64. The maximum atomic E-state index is 12.4. The summed E-state index contributed by atoms with van der Waals surface area (Å²) in [5.74, 6) is 0.340. The van der Waals surface area contributed by atoms with Crippen molar-refractivity contribution in [1.82, 2.24) is 14.7 Å². The van der Waals surface area contributed by atoms with E-state index in [-0.39, 0.29) is 11.8 Å². The Morgan fingerprint density at radius 2 is 1.65 bits per heavy atom. The number of piperazine rings is 1. The summed E-state index contributed by atoms with van der Waals surface area (Å²) in [6, 6.07) is 0.575. The SMILES string of the molecule is CCC1CCCCN1CC(=O)N1CCN(C(C)=O)CC1. The molecule has 2 rings (SSSR count). The molecule has 5 nitrogen and oxygen atoms in total. The minimum atomic E-state index is 0.110. The standard InChI is InChI=1S/C15H27N3O2/c1-3-14-6-4-5-7-18(14)12-15(20)17-10-8-16(9-11-17)13(2)19/h14H,3-12H2,1-2H3. The summed E-state index contributed by atoms with van der Waals surface area (Å²) in [5, 5.41) is 0. The lowest BCUT2D eigenvalue weighted by molar-refractivity contribution is -0.139. The zero-order valence-electron chi connectivity index (χ0n) is 12.8. The fraction of sp³-hybridized carbons (Fsp3) is 0.867. The van der Waals surface area contributed by atoms with E-state index < -0.39 is 0 Å². The van der Waals surface area contributed by atoms with Crippen LogP contribution in [-0.4, -0.2) is 71.8 Å². The second-order valence-electron chi connectivity index (χ2n) is 5.92. The molecule has 0 aromatic rings. The molecule has 0 aromatic heterocycles. The van der Waals surface area contributed by atoms with Gasteiger partial charge in [0, 0.05) is 39.1 Å². The molecule has 2 aliphatic rings. The molecule has 0 spiro atoms. The molecule has 2 heterocycles. The molecular weight excluding hydrogens is 254 g/mol. The van der Waals surface area contributed by atoms with E-state index in [1.807, 2.05) is 9.80 Å². The van der Waals surface area contributed by atoms with Crippen LogP contribution in [0.3, 0.4) is 0 Å². The van der Waals surface area contributed by atoms with Gasteiger partial charge < -0.3 is 9.80 Å². The van der Waals surface area contributed by atoms with Crippen LogP contribution < -0.4 is 0 Å². The van der Waals surface area contributed by atoms with Gasteiger partial charge in [-0.1, -0.05) is 13.3 Å². The molecule has 114 valence electrons. The van der Waals surface area contributed by atoms with Gasteiger partial charge in [0.1, 0.15) is 0 Å². The van der Waals surface area contributed by atoms with E-state index in [1.165, 1.54) is 19.3 Å². The molecule has 1 unspecified atom stereocenters. The number of carbonyl (C=O) groups excluding carboxylic acids is 2. The third-order valence-electron chi connectivity index (χ3n) is 4.64. The van der Waals surface area contributed by atoms with Crippen molar-refractivity contribution in [2.75, 3.05) is 39.3 Å². The normalized spacial score (nSPS) is 24.8. The number of rotatable bonds is 3. The summed E-state index contributed by atoms with van der Waals surface area (Å²) in [5.41, 5.74) is 0. The number of likely N-dealkylation sites (tertiary alicyclic amines) is 1. The second kappa shape index (κ2) is 7.07. The van der Waals surface area contributed by atoms with E-state index in [0.29, 0.717) is 38.8 Å². The van der Waals surface area contributed by atoms with Crippen LogP contribution >= 0.6 is 0 Å². The number of nitrogens with zero attached hydrogens (tertiary/aromatic N) is 3. The monoisotopic (exact) mass is 281 g/mol. The zero-order chi connectivity index (χ0) is 14.5. The highest BCUT2D eigenvalue weighted by Crippen LogP contribution is 2.19. The third kappa shape index (κ3) is 3.72. The number of hydrogen-bond acceptors (Lipinski definition) is 3. The lowest BCUT2D eigenvalue weighted by Gasteiger charge is -2.38. The van der Waals surface area contributed by atoms with Gasteiger partial charge in [0.05, 0.1) is 6.54 Å². The Kier molecular flexibility index (Phi) is 5.40. The summed E-state index contributed by atoms with van der Waals surface area (Å²) in [7, 11) is 0. The minimum absolute atomic E-state index is 0.110. The summed E-state index contributed by atoms with van der Waals surface area (Å²) in [6.45, 7) is 8.13. The summed E-state index contributed by atoms with van der Waals surface area (Å²) >= 11 is 0. The Balaban J connectivity index is 1.81. The molecule has 2 amide bonds. The lowest BCUT2D eigenvalue weighted by atomic mass is 10.00. The average molecular weight is 281 g/mol. The molecule has 0 N–H and O–H groups in total. The van der Waals surface area contributed by atoms with E-state index in [4.69, 9.17) is 0 Å². The van der Waals surface area contributed by atoms with Crippen LogP contribution in [0.5, 0.6) is 0 Å². The smallest absolute Gasteiger partial charge is 0.236 e. The van der Waals surface area contributed by atoms with E-state index in [2.05, 4.69) is 11.8 Å². The van der Waals surface area contributed by atoms with Gasteiger partial charge >= 0.3 is 0 Å². The maximum absolute atomic E-state index is 12.4. The Labute approximate surface area is 121 Å². The van der Waals surface area contributed by atoms with Crippen LogP contribution in [0.1, 0.15) is 39.5 Å². The van der Waals surface area contributed by atoms with Gasteiger partial charge in [0.2, 0.25) is 11.8 Å². The van der Waals surface area contributed by atoms with Crippen molar-refractivity contribution in [3.05, 3.63) is 0 Å². The maximum Gasteiger partial charge on any atom is 0.236 e. The van der Waals surface area contributed by atoms with Crippen molar-refractivity contribution < 1.29 is 9.59 Å². The first kappa shape index (κ1) is 15.3. The first-order valence-corrected chi connectivity index (χ1v) is 7.89. The Morgan fingerprint density at radius 1 is 1.00 bits per heavy atom. The quantitative estimate of drug-likeness (QED) is 0.773. The molecule has 0 aliphatic carbocycles. The second-order valence-corrected chi connectivity index (χ2v) is 5.92. The van der Waals surface area contributed by atoms with Gasteiger partial charge in [-0.25, -0.2) is 0 Å². The van der Waals surface area contributed by atoms with E-state index in [9.17, 15) is 9.59 Å². The van der Waals surface area contributed by atoms with Crippen molar-refractivity contribution >= 4 is 11.8 Å². The molecule has 0 bridgehead atoms. The lowest BCUT2D eigenvalue weighted by Crippen LogP contribution is -2.53. The zero-order valence-corrected chi connectivity index (χ0v) is 12.8. The van der Waals surface area contributed by atoms with Crippen molar-refractivity contribution in [3.8, 4) is 0 Å². The topological polar surface area (TPSA) is 43.9 Å². The van der Waals surface area contributed by atoms with Crippen LogP contribution in [0, 0.1) is 0 Å². The van der Waals surface area contributed by atoms with Gasteiger partial charge in [-0.2, -0.15) is 0 Å². The predicted molar refractivity (Wildman–Crippen MR) is 78.3 cm³/mol. The van der Waals surface area contributed by atoms with Crippen molar-refractivity contribution in [1.29, 1.82) is 0 Å². The van der Waals surface area contributed by atoms with Crippen LogP contribution in [0.2, 0.25) is 0 Å². The fourth-order valence-corrected chi connectivity index (χ4v) is 3.27. The molecule has 0 aromatic carbocycles. The van der Waals surface area contributed by atoms with Crippen LogP contribution in [0.4, 0.5) is 0 Å². The molecule has 2 saturated heterocycles. The average Bonchev–Trinajstić information content (AvgIpc) is 2.48. The Morgan fingerprint density at radius 3 is 2.25 bits per heavy atom.